The van der Waals surface area contributed by atoms with E-state index in [2.05, 4.69) is 10.3 Å². The zero-order chi connectivity index (χ0) is 21.8. The van der Waals surface area contributed by atoms with Crippen LogP contribution >= 0.6 is 0 Å². The number of hydrogen-bond acceptors (Lipinski definition) is 6. The van der Waals surface area contributed by atoms with Crippen LogP contribution in [0.4, 0.5) is 33.3 Å². The lowest BCUT2D eigenvalue weighted by Gasteiger charge is -2.23. The molecule has 0 radical (unpaired) electrons. The Bertz CT molecular complexity index is 889. The first-order valence-corrected chi connectivity index (χ1v) is 7.83. The number of aliphatic hydroxyl groups is 1. The highest BCUT2D eigenvalue weighted by atomic mass is 19.4. The van der Waals surface area contributed by atoms with Crippen LogP contribution in [0.2, 0.25) is 0 Å². The van der Waals surface area contributed by atoms with Crippen LogP contribution in [0.5, 0.6) is 5.75 Å². The van der Waals surface area contributed by atoms with E-state index in [-0.39, 0.29) is 5.69 Å². The average molecular weight is 422 g/mol. The Balaban J connectivity index is 2.13. The Morgan fingerprint density at radius 3 is 2.41 bits per heavy atom. The van der Waals surface area contributed by atoms with Crippen LogP contribution in [-0.4, -0.2) is 28.5 Å². The molecule has 0 bridgehead atoms. The molecular weight excluding hydrogens is 407 g/mol. The second-order valence-electron chi connectivity index (χ2n) is 6.04. The van der Waals surface area contributed by atoms with Gasteiger partial charge >= 0.3 is 6.18 Å². The lowest BCUT2D eigenvalue weighted by atomic mass is 10.1. The van der Waals surface area contributed by atoms with Crippen LogP contribution in [0.1, 0.15) is 12.5 Å². The van der Waals surface area contributed by atoms with E-state index >= 15 is 0 Å². The molecule has 0 saturated carbocycles. The Morgan fingerprint density at radius 1 is 1.14 bits per heavy atom. The third kappa shape index (κ3) is 5.76. The molecule has 2 rings (SSSR count). The maximum atomic E-state index is 13.5. The zero-order valence-corrected chi connectivity index (χ0v) is 14.7. The van der Waals surface area contributed by atoms with E-state index in [4.69, 9.17) is 9.99 Å². The largest absolute Gasteiger partial charge is 0.487 e. The van der Waals surface area contributed by atoms with E-state index in [9.17, 15) is 31.9 Å². The summed E-state index contributed by atoms with van der Waals surface area (Å²) in [6.07, 6.45) is -4.85. The minimum Gasteiger partial charge on any atom is -0.487 e. The molecule has 0 aromatic heterocycles. The van der Waals surface area contributed by atoms with Crippen molar-refractivity contribution < 1.29 is 46.8 Å². The molecule has 2 aromatic carbocycles. The van der Waals surface area contributed by atoms with Crippen LogP contribution in [0.15, 0.2) is 36.4 Å². The molecule has 4 N–H and O–H groups in total. The maximum Gasteiger partial charge on any atom is 0.418 e. The molecule has 1 amide bonds. The lowest BCUT2D eigenvalue weighted by Crippen LogP contribution is -2.45. The van der Waals surface area contributed by atoms with E-state index in [1.807, 2.05) is 0 Å². The Hall–Kier alpha value is -2.96. The van der Waals surface area contributed by atoms with Gasteiger partial charge in [-0.15, -0.1) is 4.99 Å². The minimum absolute atomic E-state index is 0.334. The van der Waals surface area contributed by atoms with Crippen molar-refractivity contribution in [2.24, 2.45) is 0 Å². The third-order valence-corrected chi connectivity index (χ3v) is 3.63. The molecule has 12 heteroatoms. The number of rotatable bonds is 7. The van der Waals surface area contributed by atoms with Gasteiger partial charge in [0.1, 0.15) is 12.4 Å². The van der Waals surface area contributed by atoms with Gasteiger partial charge in [-0.05, 0) is 37.3 Å². The normalized spacial score (nSPS) is 13.5. The van der Waals surface area contributed by atoms with Gasteiger partial charge in [0.15, 0.2) is 17.2 Å². The lowest BCUT2D eigenvalue weighted by molar-refractivity contribution is -0.216. The fourth-order valence-electron chi connectivity index (χ4n) is 2.14. The highest BCUT2D eigenvalue weighted by Crippen LogP contribution is 2.36. The summed E-state index contributed by atoms with van der Waals surface area (Å²) >= 11 is 0. The summed E-state index contributed by atoms with van der Waals surface area (Å²) in [6.45, 7) is 0.218. The van der Waals surface area contributed by atoms with E-state index in [1.54, 1.807) is 5.48 Å². The molecule has 0 saturated heterocycles. The van der Waals surface area contributed by atoms with Crippen molar-refractivity contribution in [3.05, 3.63) is 53.6 Å². The third-order valence-electron chi connectivity index (χ3n) is 3.63. The molecule has 1 atom stereocenters. The van der Waals surface area contributed by atoms with Crippen LogP contribution in [0, 0.1) is 11.6 Å². The smallest absolute Gasteiger partial charge is 0.418 e. The highest BCUT2D eigenvalue weighted by molar-refractivity contribution is 5.97. The number of benzene rings is 2. The molecule has 0 fully saturated rings. The van der Waals surface area contributed by atoms with Crippen molar-refractivity contribution >= 4 is 17.3 Å². The van der Waals surface area contributed by atoms with Crippen molar-refractivity contribution in [3.63, 3.8) is 0 Å². The van der Waals surface area contributed by atoms with Crippen molar-refractivity contribution in [2.75, 3.05) is 17.4 Å². The van der Waals surface area contributed by atoms with Gasteiger partial charge in [-0.2, -0.15) is 13.2 Å². The quantitative estimate of drug-likeness (QED) is 0.309. The summed E-state index contributed by atoms with van der Waals surface area (Å²) in [5.74, 6) is -3.50. The number of alkyl halides is 3. The van der Waals surface area contributed by atoms with Crippen molar-refractivity contribution in [1.82, 2.24) is 0 Å². The molecule has 0 aliphatic heterocycles. The maximum absolute atomic E-state index is 13.5. The first kappa shape index (κ1) is 22.3. The van der Waals surface area contributed by atoms with Gasteiger partial charge in [0.05, 0.1) is 11.3 Å². The van der Waals surface area contributed by atoms with Crippen LogP contribution in [-0.2, 0) is 16.0 Å². The number of nitrogens with one attached hydrogen (secondary N) is 2. The summed E-state index contributed by atoms with van der Waals surface area (Å²) < 4.78 is 70.6. The van der Waals surface area contributed by atoms with Gasteiger partial charge in [-0.3, -0.25) is 4.79 Å². The van der Waals surface area contributed by atoms with E-state index in [0.29, 0.717) is 12.1 Å². The molecule has 0 heterocycles. The molecular formula is C17H15F5N2O5. The Morgan fingerprint density at radius 2 is 1.83 bits per heavy atom. The average Bonchev–Trinajstić information content (AvgIpc) is 2.61. The molecule has 29 heavy (non-hydrogen) atoms. The molecule has 0 unspecified atom stereocenters. The molecule has 0 spiro atoms. The second kappa shape index (κ2) is 8.59. The molecule has 0 aliphatic carbocycles. The number of anilines is 2. The predicted octanol–water partition coefficient (Wildman–Crippen LogP) is 3.57. The number of hydrogen-bond donors (Lipinski definition) is 4. The number of halogens is 5. The Labute approximate surface area is 160 Å². The number of amides is 1. The monoisotopic (exact) mass is 422 g/mol. The van der Waals surface area contributed by atoms with Crippen LogP contribution in [0.3, 0.4) is 0 Å². The molecule has 2 aromatic rings. The minimum atomic E-state index is -4.85. The first-order valence-electron chi connectivity index (χ1n) is 7.83. The molecule has 158 valence electrons. The second-order valence-corrected chi connectivity index (χ2v) is 6.04. The van der Waals surface area contributed by atoms with Crippen LogP contribution in [0.25, 0.3) is 0 Å². The van der Waals surface area contributed by atoms with E-state index < -0.39 is 52.9 Å². The van der Waals surface area contributed by atoms with Gasteiger partial charge in [0.2, 0.25) is 0 Å². The number of carbonyl (C=O) groups is 1. The SMILES string of the molecule is C[C@@](O)(COc1ccc(F)cc1F)C(=O)Nc1ccc(NOO)c(C(F)(F)F)c1. The zero-order valence-electron chi connectivity index (χ0n) is 14.7. The molecule has 7 nitrogen and oxygen atoms in total. The van der Waals surface area contributed by atoms with Crippen molar-refractivity contribution in [2.45, 2.75) is 18.7 Å². The summed E-state index contributed by atoms with van der Waals surface area (Å²) in [4.78, 5) is 15.7. The molecule has 0 aliphatic rings. The van der Waals surface area contributed by atoms with Gasteiger partial charge in [0, 0.05) is 11.8 Å². The van der Waals surface area contributed by atoms with E-state index in [1.165, 1.54) is 0 Å². The standard InChI is InChI=1S/C17H15F5N2O5/c1-16(26,8-28-14-5-2-9(18)6-12(14)19)15(25)23-10-3-4-13(24-29-27)11(7-10)17(20,21)22/h2-7,24,26-27H,8H2,1H3,(H,23,25)/t16-/m1/s1. The summed E-state index contributed by atoms with van der Waals surface area (Å²) in [5, 5.41) is 20.5. The number of ether oxygens (including phenoxy) is 1. The number of carbonyl (C=O) groups excluding carboxylic acids is 1. The first-order chi connectivity index (χ1) is 13.4. The summed E-state index contributed by atoms with van der Waals surface area (Å²) in [6, 6.07) is 4.84. The highest BCUT2D eigenvalue weighted by Gasteiger charge is 2.36. The summed E-state index contributed by atoms with van der Waals surface area (Å²) in [5.41, 5.74) is -2.87. The van der Waals surface area contributed by atoms with Gasteiger partial charge < -0.3 is 15.2 Å². The topological polar surface area (TPSA) is 100 Å². The van der Waals surface area contributed by atoms with Gasteiger partial charge in [-0.1, -0.05) is 0 Å². The van der Waals surface area contributed by atoms with E-state index in [0.717, 1.165) is 31.2 Å². The predicted molar refractivity (Wildman–Crippen MR) is 89.9 cm³/mol. The van der Waals surface area contributed by atoms with Gasteiger partial charge in [-0.25, -0.2) is 19.5 Å². The van der Waals surface area contributed by atoms with Crippen molar-refractivity contribution in [3.8, 4) is 5.75 Å². The van der Waals surface area contributed by atoms with Crippen LogP contribution < -0.4 is 15.5 Å². The van der Waals surface area contributed by atoms with Gasteiger partial charge in [0.25, 0.3) is 5.91 Å². The van der Waals surface area contributed by atoms with Crippen molar-refractivity contribution in [1.29, 1.82) is 0 Å². The Kier molecular flexibility index (Phi) is 6.62. The fourth-order valence-corrected chi connectivity index (χ4v) is 2.14. The summed E-state index contributed by atoms with van der Waals surface area (Å²) in [7, 11) is 0. The fraction of sp³-hybridized carbons (Fsp3) is 0.235.